The van der Waals surface area contributed by atoms with E-state index in [1.807, 2.05) is 13.8 Å². The van der Waals surface area contributed by atoms with Crippen molar-refractivity contribution in [2.24, 2.45) is 5.92 Å². The average Bonchev–Trinajstić information content (AvgIpc) is 2.30. The second-order valence-corrected chi connectivity index (χ2v) is 4.71. The summed E-state index contributed by atoms with van der Waals surface area (Å²) in [5, 5.41) is 0. The third kappa shape index (κ3) is 44.4. The van der Waals surface area contributed by atoms with Gasteiger partial charge in [-0.05, 0) is 5.92 Å². The fourth-order valence-corrected chi connectivity index (χ4v) is 1.19. The smallest absolute Gasteiger partial charge is 0.0414 e. The van der Waals surface area contributed by atoms with Crippen LogP contribution in [-0.4, -0.2) is 0 Å². The summed E-state index contributed by atoms with van der Waals surface area (Å²) in [5.41, 5.74) is 0. The lowest BCUT2D eigenvalue weighted by Gasteiger charge is -2.24. The van der Waals surface area contributed by atoms with Gasteiger partial charge in [0.05, 0.1) is 0 Å². The first-order valence-corrected chi connectivity index (χ1v) is 8.67. The van der Waals surface area contributed by atoms with E-state index in [1.165, 1.54) is 51.4 Å². The topological polar surface area (TPSA) is 0 Å². The monoisotopic (exact) mass is 260 g/mol. The lowest BCUT2D eigenvalue weighted by molar-refractivity contribution is 0.294. The molecule has 0 aromatic rings. The van der Waals surface area contributed by atoms with Gasteiger partial charge in [0.15, 0.2) is 0 Å². The second-order valence-electron chi connectivity index (χ2n) is 4.71. The van der Waals surface area contributed by atoms with Crippen molar-refractivity contribution in [3.8, 4) is 0 Å². The van der Waals surface area contributed by atoms with Gasteiger partial charge in [-0.15, -0.1) is 0 Å². The third-order valence-corrected chi connectivity index (χ3v) is 1.92. The van der Waals surface area contributed by atoms with E-state index in [1.54, 1.807) is 0 Å². The fourth-order valence-electron chi connectivity index (χ4n) is 1.19. The van der Waals surface area contributed by atoms with Gasteiger partial charge < -0.3 is 0 Å². The summed E-state index contributed by atoms with van der Waals surface area (Å²) in [6.45, 7) is 19.0. The molecule has 0 radical (unpaired) electrons. The maximum absolute atomic E-state index is 2.28. The van der Waals surface area contributed by atoms with Crippen molar-refractivity contribution in [2.75, 3.05) is 0 Å². The van der Waals surface area contributed by atoms with E-state index in [2.05, 4.69) is 48.5 Å². The van der Waals surface area contributed by atoms with Crippen LogP contribution in [0, 0.1) is 5.92 Å². The molecule has 0 bridgehead atoms. The molecule has 0 aromatic carbocycles. The van der Waals surface area contributed by atoms with Crippen LogP contribution in [0.1, 0.15) is 114 Å². The molecule has 0 aromatic heterocycles. The first-order valence-electron chi connectivity index (χ1n) is 8.67. The molecule has 0 atom stereocenters. The molecule has 0 N–H and O–H groups in total. The zero-order valence-electron chi connectivity index (χ0n) is 15.2. The Morgan fingerprint density at radius 3 is 1.00 bits per heavy atom. The van der Waals surface area contributed by atoms with Crippen molar-refractivity contribution < 1.29 is 0 Å². The molecule has 0 nitrogen and oxygen atoms in total. The van der Waals surface area contributed by atoms with Crippen molar-refractivity contribution in [1.29, 1.82) is 0 Å². The van der Waals surface area contributed by atoms with E-state index in [9.17, 15) is 0 Å². The zero-order chi connectivity index (χ0) is 15.2. The first-order chi connectivity index (χ1) is 8.67. The van der Waals surface area contributed by atoms with Crippen molar-refractivity contribution in [3.63, 3.8) is 0 Å². The SMILES string of the molecule is CC.CCC.CCC.CCC.CCCC1CCC1. The molecule has 0 unspecified atom stereocenters. The molecule has 0 spiro atoms. The Morgan fingerprint density at radius 1 is 0.667 bits per heavy atom. The maximum atomic E-state index is 2.28. The molecular formula is C18H44. The van der Waals surface area contributed by atoms with Crippen molar-refractivity contribution >= 4 is 0 Å². The molecule has 18 heavy (non-hydrogen) atoms. The number of rotatable bonds is 2. The summed E-state index contributed by atoms with van der Waals surface area (Å²) in [5.74, 6) is 1.13. The molecule has 0 heterocycles. The standard InChI is InChI=1S/C7H14.3C3H8.C2H6/c1-2-4-7-5-3-6-7;3*1-3-2;1-2/h7H,2-6H2,1H3;3*3H2,1-2H3;1-2H3. The number of hydrogen-bond acceptors (Lipinski definition) is 0. The van der Waals surface area contributed by atoms with E-state index in [0.29, 0.717) is 0 Å². The third-order valence-electron chi connectivity index (χ3n) is 1.92. The van der Waals surface area contributed by atoms with Crippen LogP contribution in [0.25, 0.3) is 0 Å². The van der Waals surface area contributed by atoms with Crippen molar-refractivity contribution in [3.05, 3.63) is 0 Å². The summed E-state index contributed by atoms with van der Waals surface area (Å²) < 4.78 is 0. The Bertz CT molecular complexity index is 67.4. The van der Waals surface area contributed by atoms with Crippen LogP contribution in [0.3, 0.4) is 0 Å². The van der Waals surface area contributed by atoms with Gasteiger partial charge in [-0.25, -0.2) is 0 Å². The Labute approximate surface area is 120 Å². The zero-order valence-corrected chi connectivity index (χ0v) is 15.2. The molecular weight excluding hydrogens is 216 g/mol. The lowest BCUT2D eigenvalue weighted by Crippen LogP contribution is -2.09. The van der Waals surface area contributed by atoms with Gasteiger partial charge in [0, 0.05) is 0 Å². The highest BCUT2D eigenvalue weighted by Crippen LogP contribution is 2.29. The van der Waals surface area contributed by atoms with Crippen molar-refractivity contribution in [1.82, 2.24) is 0 Å². The van der Waals surface area contributed by atoms with E-state index in [-0.39, 0.29) is 0 Å². The molecule has 1 aliphatic rings. The quantitative estimate of drug-likeness (QED) is 0.474. The highest BCUT2D eigenvalue weighted by Gasteiger charge is 2.14. The first kappa shape index (κ1) is 26.5. The molecule has 0 aliphatic heterocycles. The van der Waals surface area contributed by atoms with E-state index >= 15 is 0 Å². The fraction of sp³-hybridized carbons (Fsp3) is 1.00. The summed E-state index contributed by atoms with van der Waals surface area (Å²) >= 11 is 0. The maximum Gasteiger partial charge on any atom is -0.0414 e. The molecule has 116 valence electrons. The highest BCUT2D eigenvalue weighted by molar-refractivity contribution is 4.67. The summed E-state index contributed by atoms with van der Waals surface area (Å²) in [7, 11) is 0. The Morgan fingerprint density at radius 2 is 0.944 bits per heavy atom. The summed E-state index contributed by atoms with van der Waals surface area (Å²) in [4.78, 5) is 0. The van der Waals surface area contributed by atoms with Crippen molar-refractivity contribution in [2.45, 2.75) is 114 Å². The van der Waals surface area contributed by atoms with E-state index in [4.69, 9.17) is 0 Å². The predicted molar refractivity (Wildman–Crippen MR) is 91.5 cm³/mol. The van der Waals surface area contributed by atoms with Crippen LogP contribution in [-0.2, 0) is 0 Å². The second kappa shape index (κ2) is 36.0. The Balaban J connectivity index is -0.0000000769. The Hall–Kier alpha value is 0. The van der Waals surface area contributed by atoms with Crippen LogP contribution >= 0.6 is 0 Å². The lowest BCUT2D eigenvalue weighted by atomic mass is 9.82. The van der Waals surface area contributed by atoms with Gasteiger partial charge in [0.25, 0.3) is 0 Å². The molecule has 1 rings (SSSR count). The van der Waals surface area contributed by atoms with Gasteiger partial charge in [-0.2, -0.15) is 0 Å². The van der Waals surface area contributed by atoms with E-state index in [0.717, 1.165) is 5.92 Å². The largest absolute Gasteiger partial charge is 0.0683 e. The van der Waals surface area contributed by atoms with Gasteiger partial charge in [0.2, 0.25) is 0 Å². The summed E-state index contributed by atoms with van der Waals surface area (Å²) in [6, 6.07) is 0. The van der Waals surface area contributed by atoms with Gasteiger partial charge in [-0.3, -0.25) is 0 Å². The van der Waals surface area contributed by atoms with E-state index < -0.39 is 0 Å². The number of hydrogen-bond donors (Lipinski definition) is 0. The van der Waals surface area contributed by atoms with Crippen LogP contribution in [0.4, 0.5) is 0 Å². The molecule has 1 fully saturated rings. The molecule has 0 amide bonds. The van der Waals surface area contributed by atoms with Gasteiger partial charge >= 0.3 is 0 Å². The molecule has 0 saturated heterocycles. The molecule has 1 saturated carbocycles. The minimum atomic E-state index is 1.13. The van der Waals surface area contributed by atoms with Gasteiger partial charge in [-0.1, -0.05) is 114 Å². The normalized spacial score (nSPS) is 11.8. The van der Waals surface area contributed by atoms with Crippen LogP contribution in [0.15, 0.2) is 0 Å². The Kier molecular flexibility index (Phi) is 53.0. The van der Waals surface area contributed by atoms with Crippen LogP contribution in [0.2, 0.25) is 0 Å². The summed E-state index contributed by atoms with van der Waals surface area (Å²) in [6.07, 6.45) is 11.2. The minimum absolute atomic E-state index is 1.13. The molecule has 1 aliphatic carbocycles. The van der Waals surface area contributed by atoms with Gasteiger partial charge in [0.1, 0.15) is 0 Å². The predicted octanol–water partition coefficient (Wildman–Crippen LogP) is 7.86. The minimum Gasteiger partial charge on any atom is -0.0683 e. The van der Waals surface area contributed by atoms with Crippen LogP contribution < -0.4 is 0 Å². The highest BCUT2D eigenvalue weighted by atomic mass is 14.2. The van der Waals surface area contributed by atoms with Crippen LogP contribution in [0.5, 0.6) is 0 Å². The average molecular weight is 261 g/mol. The molecule has 0 heteroatoms.